The van der Waals surface area contributed by atoms with E-state index in [1.54, 1.807) is 30.5 Å². The molecule has 0 atom stereocenters. The van der Waals surface area contributed by atoms with Gasteiger partial charge in [0.1, 0.15) is 11.5 Å². The number of halogens is 1. The Kier molecular flexibility index (Phi) is 6.07. The molecule has 0 N–H and O–H groups in total. The fourth-order valence-corrected chi connectivity index (χ4v) is 2.26. The lowest BCUT2D eigenvalue weighted by atomic mass is 10.3. The molecule has 3 rings (SSSR count). The maximum atomic E-state index is 5.97. The van der Waals surface area contributed by atoms with Crippen molar-refractivity contribution in [2.75, 3.05) is 0 Å². The Bertz CT molecular complexity index is 888. The highest BCUT2D eigenvalue weighted by Crippen LogP contribution is 2.20. The standard InChI is InChI=1S/C22H18ClNO2/c1-17(16-25-20-10-6-3-7-11-20)22(24-19-8-4-2-5-9-19)26-21-14-12-18(23)13-15-21/h2-16H,1H3/b17-16+,24-22-. The highest BCUT2D eigenvalue weighted by molar-refractivity contribution is 6.30. The topological polar surface area (TPSA) is 30.8 Å². The molecule has 0 radical (unpaired) electrons. The number of rotatable bonds is 5. The van der Waals surface area contributed by atoms with E-state index in [9.17, 15) is 0 Å². The van der Waals surface area contributed by atoms with E-state index in [1.165, 1.54) is 0 Å². The molecule has 0 saturated carbocycles. The van der Waals surface area contributed by atoms with Crippen LogP contribution >= 0.6 is 11.6 Å². The van der Waals surface area contributed by atoms with Crippen molar-refractivity contribution < 1.29 is 9.47 Å². The number of nitrogens with zero attached hydrogens (tertiary/aromatic N) is 1. The summed E-state index contributed by atoms with van der Waals surface area (Å²) in [5.74, 6) is 1.85. The van der Waals surface area contributed by atoms with Gasteiger partial charge in [-0.25, -0.2) is 4.99 Å². The third-order valence-corrected chi connectivity index (χ3v) is 3.72. The summed E-state index contributed by atoms with van der Waals surface area (Å²) in [6.07, 6.45) is 1.63. The first kappa shape index (κ1) is 17.8. The first-order valence-electron chi connectivity index (χ1n) is 8.17. The first-order chi connectivity index (χ1) is 12.7. The van der Waals surface area contributed by atoms with Gasteiger partial charge < -0.3 is 9.47 Å². The van der Waals surface area contributed by atoms with Gasteiger partial charge in [-0.2, -0.15) is 0 Å². The van der Waals surface area contributed by atoms with Gasteiger partial charge in [0.15, 0.2) is 0 Å². The van der Waals surface area contributed by atoms with Crippen LogP contribution in [-0.2, 0) is 0 Å². The molecule has 0 bridgehead atoms. The number of ether oxygens (including phenoxy) is 2. The quantitative estimate of drug-likeness (QED) is 0.297. The number of hydrogen-bond acceptors (Lipinski definition) is 3. The summed E-state index contributed by atoms with van der Waals surface area (Å²) in [4.78, 5) is 4.60. The fourth-order valence-electron chi connectivity index (χ4n) is 2.13. The molecule has 3 aromatic rings. The second-order valence-corrected chi connectivity index (χ2v) is 5.98. The fraction of sp³-hybridized carbons (Fsp3) is 0.0455. The van der Waals surface area contributed by atoms with Gasteiger partial charge in [0.05, 0.1) is 11.9 Å². The minimum atomic E-state index is 0.453. The van der Waals surface area contributed by atoms with E-state index in [1.807, 2.05) is 67.6 Å². The van der Waals surface area contributed by atoms with E-state index in [4.69, 9.17) is 21.1 Å². The molecule has 3 aromatic carbocycles. The Morgan fingerprint density at radius 1 is 0.808 bits per heavy atom. The molecule has 0 aliphatic rings. The van der Waals surface area contributed by atoms with Crippen molar-refractivity contribution in [2.45, 2.75) is 6.92 Å². The molecule has 0 heterocycles. The van der Waals surface area contributed by atoms with Crippen molar-refractivity contribution in [2.24, 2.45) is 4.99 Å². The van der Waals surface area contributed by atoms with Crippen LogP contribution in [0.15, 0.2) is 102 Å². The van der Waals surface area contributed by atoms with Gasteiger partial charge in [0.25, 0.3) is 0 Å². The van der Waals surface area contributed by atoms with Gasteiger partial charge in [-0.05, 0) is 55.5 Å². The molecule has 0 aliphatic carbocycles. The number of benzene rings is 3. The lowest BCUT2D eigenvalue weighted by Gasteiger charge is -2.10. The average Bonchev–Trinajstić information content (AvgIpc) is 2.69. The van der Waals surface area contributed by atoms with Gasteiger partial charge >= 0.3 is 0 Å². The lowest BCUT2D eigenvalue weighted by Crippen LogP contribution is -2.10. The zero-order valence-electron chi connectivity index (χ0n) is 14.3. The van der Waals surface area contributed by atoms with Crippen LogP contribution in [0.1, 0.15) is 6.92 Å². The molecule has 130 valence electrons. The van der Waals surface area contributed by atoms with Crippen molar-refractivity contribution in [1.82, 2.24) is 0 Å². The molecule has 0 unspecified atom stereocenters. The van der Waals surface area contributed by atoms with Crippen molar-refractivity contribution in [3.63, 3.8) is 0 Å². The van der Waals surface area contributed by atoms with Gasteiger partial charge in [-0.1, -0.05) is 48.0 Å². The Labute approximate surface area is 158 Å². The molecule has 4 heteroatoms. The van der Waals surface area contributed by atoms with Crippen LogP contribution in [0.2, 0.25) is 5.02 Å². The summed E-state index contributed by atoms with van der Waals surface area (Å²) in [5, 5.41) is 0.651. The highest BCUT2D eigenvalue weighted by atomic mass is 35.5. The molecule has 0 spiro atoms. The summed E-state index contributed by atoms with van der Waals surface area (Å²) in [6.45, 7) is 1.89. The average molecular weight is 364 g/mol. The van der Waals surface area contributed by atoms with Gasteiger partial charge in [0, 0.05) is 10.6 Å². The Morgan fingerprint density at radius 3 is 2.08 bits per heavy atom. The SMILES string of the molecule is CC(=C\Oc1ccccc1)/C(=N/c1ccccc1)Oc1ccc(Cl)cc1. The third-order valence-electron chi connectivity index (χ3n) is 3.47. The Hall–Kier alpha value is -3.04. The van der Waals surface area contributed by atoms with Gasteiger partial charge in [0.2, 0.25) is 5.90 Å². The molecular formula is C22H18ClNO2. The molecule has 0 aliphatic heterocycles. The van der Waals surface area contributed by atoms with Crippen LogP contribution in [0.3, 0.4) is 0 Å². The van der Waals surface area contributed by atoms with Crippen LogP contribution in [0, 0.1) is 0 Å². The number of hydrogen-bond donors (Lipinski definition) is 0. The van der Waals surface area contributed by atoms with Gasteiger partial charge in [-0.3, -0.25) is 0 Å². The van der Waals surface area contributed by atoms with Crippen LogP contribution in [0.5, 0.6) is 11.5 Å². The predicted molar refractivity (Wildman–Crippen MR) is 106 cm³/mol. The summed E-state index contributed by atoms with van der Waals surface area (Å²) in [7, 11) is 0. The Balaban J connectivity index is 1.86. The van der Waals surface area contributed by atoms with Crippen molar-refractivity contribution in [3.05, 3.63) is 102 Å². The van der Waals surface area contributed by atoms with Crippen LogP contribution < -0.4 is 9.47 Å². The maximum absolute atomic E-state index is 5.97. The second-order valence-electron chi connectivity index (χ2n) is 5.54. The van der Waals surface area contributed by atoms with Gasteiger partial charge in [-0.15, -0.1) is 0 Å². The maximum Gasteiger partial charge on any atom is 0.225 e. The molecule has 0 fully saturated rings. The summed E-state index contributed by atoms with van der Waals surface area (Å²) < 4.78 is 11.7. The monoisotopic (exact) mass is 363 g/mol. The van der Waals surface area contributed by atoms with Crippen LogP contribution in [-0.4, -0.2) is 5.90 Å². The van der Waals surface area contributed by atoms with Crippen LogP contribution in [0.25, 0.3) is 0 Å². The zero-order valence-corrected chi connectivity index (χ0v) is 15.1. The molecule has 0 aromatic heterocycles. The molecular weight excluding hydrogens is 346 g/mol. The minimum Gasteiger partial charge on any atom is -0.465 e. The predicted octanol–water partition coefficient (Wildman–Crippen LogP) is 6.43. The molecule has 26 heavy (non-hydrogen) atoms. The molecule has 0 amide bonds. The van der Waals surface area contributed by atoms with Crippen molar-refractivity contribution in [1.29, 1.82) is 0 Å². The minimum absolute atomic E-state index is 0.453. The normalized spacial score (nSPS) is 11.9. The first-order valence-corrected chi connectivity index (χ1v) is 8.54. The van der Waals surface area contributed by atoms with E-state index < -0.39 is 0 Å². The summed E-state index contributed by atoms with van der Waals surface area (Å²) in [5.41, 5.74) is 1.55. The van der Waals surface area contributed by atoms with Crippen LogP contribution in [0.4, 0.5) is 5.69 Å². The largest absolute Gasteiger partial charge is 0.465 e. The number of para-hydroxylation sites is 2. The van der Waals surface area contributed by atoms with E-state index in [-0.39, 0.29) is 0 Å². The Morgan fingerprint density at radius 2 is 1.42 bits per heavy atom. The van der Waals surface area contributed by atoms with E-state index in [2.05, 4.69) is 4.99 Å². The molecule has 3 nitrogen and oxygen atoms in total. The summed E-state index contributed by atoms with van der Waals surface area (Å²) in [6, 6.07) is 26.3. The van der Waals surface area contributed by atoms with Crippen molar-refractivity contribution in [3.8, 4) is 11.5 Å². The van der Waals surface area contributed by atoms with E-state index >= 15 is 0 Å². The highest BCUT2D eigenvalue weighted by Gasteiger charge is 2.08. The van der Waals surface area contributed by atoms with E-state index in [0.29, 0.717) is 16.7 Å². The number of aliphatic imine (C=N–C) groups is 1. The third kappa shape index (κ3) is 5.23. The van der Waals surface area contributed by atoms with Crippen molar-refractivity contribution >= 4 is 23.2 Å². The smallest absolute Gasteiger partial charge is 0.225 e. The second kappa shape index (κ2) is 8.88. The lowest BCUT2D eigenvalue weighted by molar-refractivity contribution is 0.473. The zero-order chi connectivity index (χ0) is 18.2. The summed E-state index contributed by atoms with van der Waals surface area (Å²) >= 11 is 5.94. The van der Waals surface area contributed by atoms with E-state index in [0.717, 1.165) is 17.0 Å². The molecule has 0 saturated heterocycles.